The molecule has 3 rings (SSSR count). The Hall–Kier alpha value is -2.77. The lowest BCUT2D eigenvalue weighted by Crippen LogP contribution is -2.45. The van der Waals surface area contributed by atoms with E-state index in [-0.39, 0.29) is 11.8 Å². The molecule has 186 valence electrons. The molecule has 35 heavy (non-hydrogen) atoms. The van der Waals surface area contributed by atoms with Crippen LogP contribution in [0.2, 0.25) is 5.02 Å². The van der Waals surface area contributed by atoms with Crippen LogP contribution in [0.4, 0.5) is 5.13 Å². The molecular weight excluding hydrogens is 480 g/mol. The number of anilines is 1. The zero-order valence-corrected chi connectivity index (χ0v) is 21.7. The Morgan fingerprint density at radius 1 is 0.914 bits per heavy atom. The average molecular weight is 513 g/mol. The molecule has 2 N–H and O–H groups in total. The predicted octanol–water partition coefficient (Wildman–Crippen LogP) is 6.67. The molecule has 0 bridgehead atoms. The van der Waals surface area contributed by atoms with Crippen LogP contribution in [0.1, 0.15) is 63.9 Å². The van der Waals surface area contributed by atoms with E-state index in [1.54, 1.807) is 12.1 Å². The molecule has 3 aromatic rings. The minimum absolute atomic E-state index is 0.103. The van der Waals surface area contributed by atoms with Crippen molar-refractivity contribution in [2.75, 3.05) is 5.32 Å². The van der Waals surface area contributed by atoms with E-state index in [1.165, 1.54) is 37.0 Å². The monoisotopic (exact) mass is 512 g/mol. The smallest absolute Gasteiger partial charge is 0.249 e. The fourth-order valence-electron chi connectivity index (χ4n) is 3.74. The standard InChI is InChI=1S/C27H33ClN4O2S/c1-2-3-4-5-6-7-11-14-24(33)29-23(19-20-12-9-8-10-13-20)25(34)30-27-32-31-26(35-27)21-15-17-22(28)18-16-21/h8-10,12-13,15-18,23H,2-7,11,14,19H2,1H3,(H,29,33)(H,30,32,34)/t23-/m1/s1. The van der Waals surface area contributed by atoms with E-state index in [2.05, 4.69) is 27.8 Å². The van der Waals surface area contributed by atoms with Crippen molar-refractivity contribution in [1.29, 1.82) is 0 Å². The van der Waals surface area contributed by atoms with Gasteiger partial charge in [-0.1, -0.05) is 111 Å². The van der Waals surface area contributed by atoms with Gasteiger partial charge in [0.05, 0.1) is 0 Å². The predicted molar refractivity (Wildman–Crippen MR) is 144 cm³/mol. The van der Waals surface area contributed by atoms with Gasteiger partial charge in [-0.3, -0.25) is 14.9 Å². The second-order valence-corrected chi connectivity index (χ2v) is 10.0. The average Bonchev–Trinajstić information content (AvgIpc) is 3.32. The highest BCUT2D eigenvalue weighted by atomic mass is 35.5. The maximum Gasteiger partial charge on any atom is 0.249 e. The zero-order chi connectivity index (χ0) is 24.9. The number of halogens is 1. The lowest BCUT2D eigenvalue weighted by atomic mass is 10.0. The number of carbonyl (C=O) groups excluding carboxylic acids is 2. The van der Waals surface area contributed by atoms with Crippen LogP contribution in [0.5, 0.6) is 0 Å². The van der Waals surface area contributed by atoms with Gasteiger partial charge in [0, 0.05) is 23.4 Å². The molecule has 0 aliphatic heterocycles. The van der Waals surface area contributed by atoms with Crippen molar-refractivity contribution in [2.45, 2.75) is 70.8 Å². The van der Waals surface area contributed by atoms with Crippen molar-refractivity contribution in [3.8, 4) is 10.6 Å². The number of rotatable bonds is 14. The van der Waals surface area contributed by atoms with Crippen molar-refractivity contribution in [1.82, 2.24) is 15.5 Å². The summed E-state index contributed by atoms with van der Waals surface area (Å²) >= 11 is 7.24. The van der Waals surface area contributed by atoms with Gasteiger partial charge in [0.1, 0.15) is 11.0 Å². The summed E-state index contributed by atoms with van der Waals surface area (Å²) in [6, 6.07) is 16.3. The molecule has 0 fully saturated rings. The minimum atomic E-state index is -0.697. The summed E-state index contributed by atoms with van der Waals surface area (Å²) < 4.78 is 0. The Morgan fingerprint density at radius 2 is 1.60 bits per heavy atom. The largest absolute Gasteiger partial charge is 0.344 e. The fourth-order valence-corrected chi connectivity index (χ4v) is 4.62. The third-order valence-corrected chi connectivity index (χ3v) is 6.83. The number of hydrogen-bond donors (Lipinski definition) is 2. The first-order chi connectivity index (χ1) is 17.0. The summed E-state index contributed by atoms with van der Waals surface area (Å²) in [7, 11) is 0. The Bertz CT molecular complexity index is 1060. The van der Waals surface area contributed by atoms with Crippen LogP contribution in [-0.2, 0) is 16.0 Å². The molecule has 1 aromatic heterocycles. The number of carbonyl (C=O) groups is 2. The van der Waals surface area contributed by atoms with Crippen LogP contribution >= 0.6 is 22.9 Å². The maximum atomic E-state index is 13.1. The number of benzene rings is 2. The van der Waals surface area contributed by atoms with Crippen molar-refractivity contribution < 1.29 is 9.59 Å². The molecule has 0 aliphatic rings. The van der Waals surface area contributed by atoms with Gasteiger partial charge in [-0.2, -0.15) is 0 Å². The Balaban J connectivity index is 1.57. The van der Waals surface area contributed by atoms with Gasteiger partial charge >= 0.3 is 0 Å². The number of amides is 2. The number of nitrogens with zero attached hydrogens (tertiary/aromatic N) is 2. The second-order valence-electron chi connectivity index (χ2n) is 8.59. The lowest BCUT2D eigenvalue weighted by Gasteiger charge is -2.18. The number of aromatic nitrogens is 2. The highest BCUT2D eigenvalue weighted by Gasteiger charge is 2.22. The number of nitrogens with one attached hydrogen (secondary N) is 2. The van der Waals surface area contributed by atoms with Crippen molar-refractivity contribution in [3.63, 3.8) is 0 Å². The maximum absolute atomic E-state index is 13.1. The molecule has 0 aliphatic carbocycles. The van der Waals surface area contributed by atoms with Gasteiger partial charge in [0.25, 0.3) is 0 Å². The molecule has 8 heteroatoms. The van der Waals surface area contributed by atoms with Crippen LogP contribution < -0.4 is 10.6 Å². The first-order valence-electron chi connectivity index (χ1n) is 12.3. The molecule has 0 unspecified atom stereocenters. The highest BCUT2D eigenvalue weighted by Crippen LogP contribution is 2.27. The van der Waals surface area contributed by atoms with E-state index in [1.807, 2.05) is 42.5 Å². The first-order valence-corrected chi connectivity index (χ1v) is 13.5. The normalized spacial score (nSPS) is 11.7. The Kier molecular flexibility index (Phi) is 11.2. The van der Waals surface area contributed by atoms with E-state index in [9.17, 15) is 9.59 Å². The SMILES string of the molecule is CCCCCCCCCC(=O)N[C@H](Cc1ccccc1)C(=O)Nc1nnc(-c2ccc(Cl)cc2)s1. The van der Waals surface area contributed by atoms with Crippen LogP contribution in [-0.4, -0.2) is 28.1 Å². The van der Waals surface area contributed by atoms with E-state index in [4.69, 9.17) is 11.6 Å². The van der Waals surface area contributed by atoms with Crippen molar-refractivity contribution >= 4 is 39.9 Å². The van der Waals surface area contributed by atoms with Gasteiger partial charge in [0.2, 0.25) is 16.9 Å². The van der Waals surface area contributed by atoms with Gasteiger partial charge < -0.3 is 5.32 Å². The van der Waals surface area contributed by atoms with E-state index in [0.29, 0.717) is 28.0 Å². The van der Waals surface area contributed by atoms with Crippen molar-refractivity contribution in [3.05, 3.63) is 65.2 Å². The van der Waals surface area contributed by atoms with Crippen LogP contribution in [0.25, 0.3) is 10.6 Å². The summed E-state index contributed by atoms with van der Waals surface area (Å²) in [5.41, 5.74) is 1.85. The quantitative estimate of drug-likeness (QED) is 0.236. The number of unbranched alkanes of at least 4 members (excludes halogenated alkanes) is 6. The molecule has 0 saturated heterocycles. The van der Waals surface area contributed by atoms with E-state index < -0.39 is 6.04 Å². The second kappa shape index (κ2) is 14.6. The molecule has 2 aromatic carbocycles. The first kappa shape index (κ1) is 26.8. The molecule has 0 spiro atoms. The third kappa shape index (κ3) is 9.42. The van der Waals surface area contributed by atoms with Gasteiger partial charge in [-0.25, -0.2) is 0 Å². The molecular formula is C27H33ClN4O2S. The van der Waals surface area contributed by atoms with Gasteiger partial charge in [-0.15, -0.1) is 10.2 Å². The Morgan fingerprint density at radius 3 is 2.31 bits per heavy atom. The highest BCUT2D eigenvalue weighted by molar-refractivity contribution is 7.18. The van der Waals surface area contributed by atoms with Crippen molar-refractivity contribution in [2.24, 2.45) is 0 Å². The third-order valence-electron chi connectivity index (χ3n) is 5.69. The Labute approximate surface area is 216 Å². The molecule has 0 radical (unpaired) electrons. The number of hydrogen-bond acceptors (Lipinski definition) is 5. The van der Waals surface area contributed by atoms with E-state index in [0.717, 1.165) is 30.4 Å². The van der Waals surface area contributed by atoms with Crippen LogP contribution in [0.15, 0.2) is 54.6 Å². The molecule has 1 atom stereocenters. The van der Waals surface area contributed by atoms with Gasteiger partial charge in [0.15, 0.2) is 0 Å². The van der Waals surface area contributed by atoms with E-state index >= 15 is 0 Å². The fraction of sp³-hybridized carbons (Fsp3) is 0.407. The molecule has 0 saturated carbocycles. The van der Waals surface area contributed by atoms with Crippen LogP contribution in [0, 0.1) is 0 Å². The summed E-state index contributed by atoms with van der Waals surface area (Å²) in [5, 5.41) is 15.8. The lowest BCUT2D eigenvalue weighted by molar-refractivity contribution is -0.126. The molecule has 1 heterocycles. The topological polar surface area (TPSA) is 84.0 Å². The summed E-state index contributed by atoms with van der Waals surface area (Å²) in [5.74, 6) is -0.408. The van der Waals surface area contributed by atoms with Gasteiger partial charge in [-0.05, 0) is 24.1 Å². The molecule has 2 amide bonds. The summed E-state index contributed by atoms with van der Waals surface area (Å²) in [6.07, 6.45) is 8.81. The summed E-state index contributed by atoms with van der Waals surface area (Å²) in [4.78, 5) is 25.7. The zero-order valence-electron chi connectivity index (χ0n) is 20.1. The minimum Gasteiger partial charge on any atom is -0.344 e. The summed E-state index contributed by atoms with van der Waals surface area (Å²) in [6.45, 7) is 2.20. The van der Waals surface area contributed by atoms with Crippen LogP contribution in [0.3, 0.4) is 0 Å². The molecule has 6 nitrogen and oxygen atoms in total.